The van der Waals surface area contributed by atoms with Crippen molar-refractivity contribution in [3.63, 3.8) is 0 Å². The lowest BCUT2D eigenvalue weighted by Crippen LogP contribution is -2.10. The maximum atomic E-state index is 6.12. The zero-order chi connectivity index (χ0) is 12.3. The minimum absolute atomic E-state index is 0.600. The van der Waals surface area contributed by atoms with Crippen LogP contribution in [0.5, 0.6) is 0 Å². The lowest BCUT2D eigenvalue weighted by atomic mass is 10.0. The van der Waals surface area contributed by atoms with Gasteiger partial charge in [0.25, 0.3) is 0 Å². The molecule has 0 amide bonds. The normalized spacial score (nSPS) is 24.4. The molecule has 1 saturated heterocycles. The predicted octanol–water partition coefficient (Wildman–Crippen LogP) is 5.47. The van der Waals surface area contributed by atoms with Crippen LogP contribution in [-0.2, 0) is 4.74 Å². The Morgan fingerprint density at radius 2 is 1.18 bits per heavy atom. The van der Waals surface area contributed by atoms with Gasteiger partial charge in [-0.2, -0.15) is 0 Å². The van der Waals surface area contributed by atoms with Gasteiger partial charge in [-0.1, -0.05) is 65.2 Å². The molecule has 0 aromatic carbocycles. The van der Waals surface area contributed by atoms with Crippen LogP contribution in [0.15, 0.2) is 0 Å². The molecule has 1 heterocycles. The van der Waals surface area contributed by atoms with Gasteiger partial charge >= 0.3 is 0 Å². The molecule has 1 aliphatic rings. The summed E-state index contributed by atoms with van der Waals surface area (Å²) in [5.41, 5.74) is 0. The molecule has 0 saturated carbocycles. The van der Waals surface area contributed by atoms with E-state index in [0.717, 1.165) is 0 Å². The molecule has 0 aliphatic carbocycles. The second-order valence-corrected chi connectivity index (χ2v) is 5.66. The summed E-state index contributed by atoms with van der Waals surface area (Å²) in [6.07, 6.45) is 17.5. The van der Waals surface area contributed by atoms with Gasteiger partial charge in [-0.3, -0.25) is 0 Å². The molecule has 0 N–H and O–H groups in total. The largest absolute Gasteiger partial charge is 0.375 e. The molecule has 1 rings (SSSR count). The van der Waals surface area contributed by atoms with E-state index in [-0.39, 0.29) is 0 Å². The topological polar surface area (TPSA) is 9.23 Å². The quantitative estimate of drug-likeness (QED) is 0.460. The fourth-order valence-corrected chi connectivity index (χ4v) is 2.80. The van der Waals surface area contributed by atoms with Crippen LogP contribution in [0.2, 0.25) is 0 Å². The number of unbranched alkanes of at least 4 members (excludes halogenated alkanes) is 6. The SMILES string of the molecule is CCCCCC[C@@H]1CC[C@H](CCCCCC)O1. The third-order valence-corrected chi connectivity index (χ3v) is 3.95. The van der Waals surface area contributed by atoms with Crippen molar-refractivity contribution in [2.45, 2.75) is 103 Å². The van der Waals surface area contributed by atoms with E-state index in [9.17, 15) is 0 Å². The summed E-state index contributed by atoms with van der Waals surface area (Å²) in [6.45, 7) is 4.55. The van der Waals surface area contributed by atoms with Crippen molar-refractivity contribution in [1.29, 1.82) is 0 Å². The molecular formula is C16H32O. The van der Waals surface area contributed by atoms with Crippen molar-refractivity contribution in [2.24, 2.45) is 0 Å². The first-order valence-corrected chi connectivity index (χ1v) is 8.02. The van der Waals surface area contributed by atoms with Crippen LogP contribution in [0.4, 0.5) is 0 Å². The second-order valence-electron chi connectivity index (χ2n) is 5.66. The van der Waals surface area contributed by atoms with Gasteiger partial charge in [0.2, 0.25) is 0 Å². The summed E-state index contributed by atoms with van der Waals surface area (Å²) >= 11 is 0. The average molecular weight is 240 g/mol. The van der Waals surface area contributed by atoms with Crippen LogP contribution in [0.25, 0.3) is 0 Å². The molecule has 1 heteroatoms. The van der Waals surface area contributed by atoms with E-state index in [1.54, 1.807) is 0 Å². The van der Waals surface area contributed by atoms with E-state index < -0.39 is 0 Å². The zero-order valence-corrected chi connectivity index (χ0v) is 12.0. The first kappa shape index (κ1) is 15.0. The summed E-state index contributed by atoms with van der Waals surface area (Å²) in [6, 6.07) is 0. The molecule has 1 aliphatic heterocycles. The predicted molar refractivity (Wildman–Crippen MR) is 75.4 cm³/mol. The summed E-state index contributed by atoms with van der Waals surface area (Å²) in [7, 11) is 0. The summed E-state index contributed by atoms with van der Waals surface area (Å²) in [4.78, 5) is 0. The molecule has 0 aromatic rings. The van der Waals surface area contributed by atoms with Gasteiger partial charge in [0.1, 0.15) is 0 Å². The third kappa shape index (κ3) is 7.08. The van der Waals surface area contributed by atoms with E-state index in [0.29, 0.717) is 12.2 Å². The highest BCUT2D eigenvalue weighted by Gasteiger charge is 2.23. The Morgan fingerprint density at radius 3 is 1.59 bits per heavy atom. The molecule has 1 fully saturated rings. The lowest BCUT2D eigenvalue weighted by Gasteiger charge is -2.13. The fourth-order valence-electron chi connectivity index (χ4n) is 2.80. The summed E-state index contributed by atoms with van der Waals surface area (Å²) in [5, 5.41) is 0. The Kier molecular flexibility index (Phi) is 8.78. The number of ether oxygens (including phenoxy) is 1. The standard InChI is InChI=1S/C16H32O/c1-3-5-7-9-11-15-13-14-16(17-15)12-10-8-6-4-2/h15-16H,3-14H2,1-2H3/t15-,16+. The molecule has 2 atom stereocenters. The van der Waals surface area contributed by atoms with Crippen LogP contribution in [0, 0.1) is 0 Å². The molecule has 0 radical (unpaired) electrons. The number of rotatable bonds is 10. The van der Waals surface area contributed by atoms with Crippen molar-refractivity contribution < 1.29 is 4.74 Å². The van der Waals surface area contributed by atoms with Crippen LogP contribution < -0.4 is 0 Å². The fraction of sp³-hybridized carbons (Fsp3) is 1.00. The maximum Gasteiger partial charge on any atom is 0.0579 e. The first-order chi connectivity index (χ1) is 8.36. The lowest BCUT2D eigenvalue weighted by molar-refractivity contribution is 0.0335. The van der Waals surface area contributed by atoms with Gasteiger partial charge in [-0.25, -0.2) is 0 Å². The molecule has 0 unspecified atom stereocenters. The highest BCUT2D eigenvalue weighted by Crippen LogP contribution is 2.27. The molecule has 1 nitrogen and oxygen atoms in total. The van der Waals surface area contributed by atoms with Crippen LogP contribution >= 0.6 is 0 Å². The zero-order valence-electron chi connectivity index (χ0n) is 12.0. The number of hydrogen-bond acceptors (Lipinski definition) is 1. The van der Waals surface area contributed by atoms with Crippen molar-refractivity contribution in [1.82, 2.24) is 0 Å². The van der Waals surface area contributed by atoms with Crippen LogP contribution in [0.3, 0.4) is 0 Å². The van der Waals surface area contributed by atoms with Gasteiger partial charge < -0.3 is 4.74 Å². The van der Waals surface area contributed by atoms with Gasteiger partial charge in [-0.15, -0.1) is 0 Å². The van der Waals surface area contributed by atoms with Gasteiger partial charge in [0.15, 0.2) is 0 Å². The Labute approximate surface area is 108 Å². The molecule has 102 valence electrons. The van der Waals surface area contributed by atoms with Crippen LogP contribution in [-0.4, -0.2) is 12.2 Å². The molecule has 0 aromatic heterocycles. The average Bonchev–Trinajstić information content (AvgIpc) is 2.78. The highest BCUT2D eigenvalue weighted by atomic mass is 16.5. The minimum Gasteiger partial charge on any atom is -0.375 e. The van der Waals surface area contributed by atoms with Gasteiger partial charge in [0.05, 0.1) is 12.2 Å². The van der Waals surface area contributed by atoms with Crippen molar-refractivity contribution in [3.8, 4) is 0 Å². The molecule has 17 heavy (non-hydrogen) atoms. The third-order valence-electron chi connectivity index (χ3n) is 3.95. The smallest absolute Gasteiger partial charge is 0.0579 e. The Balaban J connectivity index is 1.95. The van der Waals surface area contributed by atoms with Crippen molar-refractivity contribution >= 4 is 0 Å². The monoisotopic (exact) mass is 240 g/mol. The molecule has 0 spiro atoms. The van der Waals surface area contributed by atoms with Crippen molar-refractivity contribution in [3.05, 3.63) is 0 Å². The van der Waals surface area contributed by atoms with Crippen molar-refractivity contribution in [2.75, 3.05) is 0 Å². The van der Waals surface area contributed by atoms with Crippen LogP contribution in [0.1, 0.15) is 90.9 Å². The second kappa shape index (κ2) is 9.94. The van der Waals surface area contributed by atoms with Gasteiger partial charge in [-0.05, 0) is 25.7 Å². The van der Waals surface area contributed by atoms with E-state index in [4.69, 9.17) is 4.74 Å². The Morgan fingerprint density at radius 1 is 0.706 bits per heavy atom. The summed E-state index contributed by atoms with van der Waals surface area (Å²) < 4.78 is 6.12. The molecular weight excluding hydrogens is 208 g/mol. The van der Waals surface area contributed by atoms with Gasteiger partial charge in [0, 0.05) is 0 Å². The minimum atomic E-state index is 0.600. The van der Waals surface area contributed by atoms with E-state index in [1.165, 1.54) is 77.0 Å². The number of hydrogen-bond donors (Lipinski definition) is 0. The summed E-state index contributed by atoms with van der Waals surface area (Å²) in [5.74, 6) is 0. The maximum absolute atomic E-state index is 6.12. The van der Waals surface area contributed by atoms with E-state index in [2.05, 4.69) is 13.8 Å². The Hall–Kier alpha value is -0.0400. The molecule has 0 bridgehead atoms. The van der Waals surface area contributed by atoms with E-state index in [1.807, 2.05) is 0 Å². The van der Waals surface area contributed by atoms with E-state index >= 15 is 0 Å². The first-order valence-electron chi connectivity index (χ1n) is 8.02. The Bertz CT molecular complexity index is 149. The highest BCUT2D eigenvalue weighted by molar-refractivity contribution is 4.73.